The Kier molecular flexibility index (Phi) is 6.24. The molecular weight excluding hydrogens is 444 g/mol. The Balaban J connectivity index is 1.97. The van der Waals surface area contributed by atoms with Gasteiger partial charge in [0, 0.05) is 6.08 Å². The van der Waals surface area contributed by atoms with Crippen LogP contribution in [0.4, 0.5) is 0 Å². The number of aryl methyl sites for hydroxylation is 1. The minimum atomic E-state index is -0.736. The van der Waals surface area contributed by atoms with Crippen molar-refractivity contribution in [3.05, 3.63) is 78.4 Å². The van der Waals surface area contributed by atoms with Gasteiger partial charge < -0.3 is 18.6 Å². The summed E-state index contributed by atoms with van der Waals surface area (Å²) in [6.45, 7) is 5.52. The third-order valence-corrected chi connectivity index (χ3v) is 6.26. The summed E-state index contributed by atoms with van der Waals surface area (Å²) in [5.74, 6) is 1.83. The zero-order valence-electron chi connectivity index (χ0n) is 19.0. The van der Waals surface area contributed by atoms with Crippen LogP contribution >= 0.6 is 11.3 Å². The fraction of sp³-hybridized carbons (Fsp3) is 0.292. The van der Waals surface area contributed by atoms with Crippen LogP contribution in [0.15, 0.2) is 55.8 Å². The largest absolute Gasteiger partial charge is 0.493 e. The first kappa shape index (κ1) is 22.6. The second kappa shape index (κ2) is 9.11. The Bertz CT molecular complexity index is 1430. The molecule has 0 saturated heterocycles. The molecule has 0 saturated carbocycles. The number of benzene rings is 1. The van der Waals surface area contributed by atoms with Crippen LogP contribution in [0, 0.1) is 6.92 Å². The quantitative estimate of drug-likeness (QED) is 0.517. The molecule has 3 aromatic rings. The summed E-state index contributed by atoms with van der Waals surface area (Å²) in [6.07, 6.45) is 1.69. The molecular formula is C24H24N2O6S. The molecule has 1 aliphatic heterocycles. The molecule has 3 heterocycles. The van der Waals surface area contributed by atoms with E-state index in [4.69, 9.17) is 18.6 Å². The zero-order valence-corrected chi connectivity index (χ0v) is 19.8. The van der Waals surface area contributed by atoms with E-state index in [9.17, 15) is 9.59 Å². The Labute approximate surface area is 194 Å². The Morgan fingerprint density at radius 1 is 1.18 bits per heavy atom. The number of methoxy groups -OCH3 is 2. The number of thiazole rings is 1. The van der Waals surface area contributed by atoms with E-state index >= 15 is 0 Å². The minimum absolute atomic E-state index is 0.205. The number of hydrogen-bond acceptors (Lipinski definition) is 8. The molecule has 1 aromatic carbocycles. The predicted molar refractivity (Wildman–Crippen MR) is 123 cm³/mol. The molecule has 0 unspecified atom stereocenters. The second-order valence-corrected chi connectivity index (χ2v) is 8.37. The number of hydrogen-bond donors (Lipinski definition) is 0. The van der Waals surface area contributed by atoms with Gasteiger partial charge >= 0.3 is 5.97 Å². The van der Waals surface area contributed by atoms with Gasteiger partial charge in [0.2, 0.25) is 0 Å². The van der Waals surface area contributed by atoms with Crippen molar-refractivity contribution in [3.63, 3.8) is 0 Å². The number of allylic oxidation sites excluding steroid dienone is 1. The molecule has 0 amide bonds. The Morgan fingerprint density at radius 3 is 2.58 bits per heavy atom. The van der Waals surface area contributed by atoms with Crippen molar-refractivity contribution in [2.24, 2.45) is 4.99 Å². The summed E-state index contributed by atoms with van der Waals surface area (Å²) in [5.41, 5.74) is 1.19. The van der Waals surface area contributed by atoms with Crippen molar-refractivity contribution >= 4 is 23.4 Å². The number of carbonyl (C=O) groups is 1. The highest BCUT2D eigenvalue weighted by molar-refractivity contribution is 7.07. The van der Waals surface area contributed by atoms with Gasteiger partial charge in [-0.1, -0.05) is 17.4 Å². The average Bonchev–Trinajstić information content (AvgIpc) is 3.34. The molecule has 0 aliphatic carbocycles. The molecule has 0 N–H and O–H groups in total. The van der Waals surface area contributed by atoms with Gasteiger partial charge in [0.15, 0.2) is 16.3 Å². The van der Waals surface area contributed by atoms with Crippen molar-refractivity contribution in [3.8, 4) is 11.5 Å². The van der Waals surface area contributed by atoms with Crippen LogP contribution < -0.4 is 24.4 Å². The number of rotatable bonds is 6. The van der Waals surface area contributed by atoms with E-state index in [1.165, 1.54) is 23.0 Å². The van der Waals surface area contributed by atoms with Crippen LogP contribution in [0.1, 0.15) is 37.0 Å². The van der Waals surface area contributed by atoms with Crippen LogP contribution in [0.2, 0.25) is 0 Å². The van der Waals surface area contributed by atoms with Gasteiger partial charge in [-0.3, -0.25) is 9.36 Å². The van der Waals surface area contributed by atoms with Crippen molar-refractivity contribution < 1.29 is 23.4 Å². The molecule has 33 heavy (non-hydrogen) atoms. The van der Waals surface area contributed by atoms with Crippen LogP contribution in [-0.4, -0.2) is 31.4 Å². The maximum Gasteiger partial charge on any atom is 0.338 e. The number of fused-ring (bicyclic) bond motifs is 1. The normalized spacial score (nSPS) is 15.8. The lowest BCUT2D eigenvalue weighted by Gasteiger charge is -2.25. The summed E-state index contributed by atoms with van der Waals surface area (Å²) < 4.78 is 23.7. The minimum Gasteiger partial charge on any atom is -0.493 e. The maximum atomic E-state index is 13.5. The Morgan fingerprint density at radius 2 is 1.94 bits per heavy atom. The molecule has 0 spiro atoms. The summed E-state index contributed by atoms with van der Waals surface area (Å²) in [5, 5.41) is 0. The van der Waals surface area contributed by atoms with Crippen molar-refractivity contribution in [2.45, 2.75) is 26.8 Å². The van der Waals surface area contributed by atoms with Crippen LogP contribution in [0.25, 0.3) is 6.08 Å². The van der Waals surface area contributed by atoms with Crippen molar-refractivity contribution in [2.75, 3.05) is 20.8 Å². The van der Waals surface area contributed by atoms with Gasteiger partial charge in [0.05, 0.1) is 42.7 Å². The lowest BCUT2D eigenvalue weighted by Crippen LogP contribution is -2.39. The molecule has 4 rings (SSSR count). The fourth-order valence-electron chi connectivity index (χ4n) is 3.79. The Hall–Kier alpha value is -3.59. The number of ether oxygens (including phenoxy) is 3. The summed E-state index contributed by atoms with van der Waals surface area (Å²) in [4.78, 5) is 31.5. The van der Waals surface area contributed by atoms with Crippen LogP contribution in [-0.2, 0) is 9.53 Å². The van der Waals surface area contributed by atoms with E-state index < -0.39 is 12.0 Å². The SMILES string of the molecule is CCOC(=O)C1=C(C)N=c2sc(=Cc3ccc(C)o3)c(=O)n2[C@H]1c1ccc(OC)c(OC)c1. The topological polar surface area (TPSA) is 92.3 Å². The monoisotopic (exact) mass is 468 g/mol. The third kappa shape index (κ3) is 4.11. The number of furan rings is 1. The van der Waals surface area contributed by atoms with Crippen LogP contribution in [0.5, 0.6) is 11.5 Å². The number of nitrogens with zero attached hydrogens (tertiary/aromatic N) is 2. The predicted octanol–water partition coefficient (Wildman–Crippen LogP) is 2.72. The third-order valence-electron chi connectivity index (χ3n) is 5.27. The standard InChI is InChI=1S/C24H24N2O6S/c1-6-31-23(28)20-14(3)25-24-26(21(20)15-8-10-17(29-4)18(11-15)30-5)22(27)19(33-24)12-16-9-7-13(2)32-16/h7-12,21H,6H2,1-5H3/t21-/m0/s1. The average molecular weight is 469 g/mol. The number of carbonyl (C=O) groups excluding carboxylic acids is 1. The molecule has 0 bridgehead atoms. The highest BCUT2D eigenvalue weighted by atomic mass is 32.1. The second-order valence-electron chi connectivity index (χ2n) is 7.37. The lowest BCUT2D eigenvalue weighted by molar-refractivity contribution is -0.139. The highest BCUT2D eigenvalue weighted by Gasteiger charge is 2.33. The summed E-state index contributed by atoms with van der Waals surface area (Å²) >= 11 is 1.24. The summed E-state index contributed by atoms with van der Waals surface area (Å²) in [6, 6.07) is 8.20. The highest BCUT2D eigenvalue weighted by Crippen LogP contribution is 2.36. The van der Waals surface area contributed by atoms with Gasteiger partial charge in [-0.25, -0.2) is 9.79 Å². The van der Waals surface area contributed by atoms with E-state index in [0.29, 0.717) is 43.4 Å². The molecule has 0 fully saturated rings. The van der Waals surface area contributed by atoms with Crippen LogP contribution in [0.3, 0.4) is 0 Å². The molecule has 1 aliphatic rings. The number of esters is 1. The first-order chi connectivity index (χ1) is 15.9. The van der Waals surface area contributed by atoms with E-state index in [1.54, 1.807) is 51.3 Å². The fourth-order valence-corrected chi connectivity index (χ4v) is 4.82. The smallest absolute Gasteiger partial charge is 0.338 e. The number of aromatic nitrogens is 1. The molecule has 0 radical (unpaired) electrons. The lowest BCUT2D eigenvalue weighted by atomic mass is 9.95. The maximum absolute atomic E-state index is 13.5. The van der Waals surface area contributed by atoms with Crippen molar-refractivity contribution in [1.82, 2.24) is 4.57 Å². The molecule has 172 valence electrons. The van der Waals surface area contributed by atoms with Gasteiger partial charge in [-0.15, -0.1) is 0 Å². The van der Waals surface area contributed by atoms with Gasteiger partial charge in [0.25, 0.3) is 5.56 Å². The molecule has 8 nitrogen and oxygen atoms in total. The van der Waals surface area contributed by atoms with Crippen molar-refractivity contribution in [1.29, 1.82) is 0 Å². The molecule has 9 heteroatoms. The first-order valence-electron chi connectivity index (χ1n) is 10.4. The zero-order chi connectivity index (χ0) is 23.7. The van der Waals surface area contributed by atoms with E-state index in [0.717, 1.165) is 5.76 Å². The summed E-state index contributed by atoms with van der Waals surface area (Å²) in [7, 11) is 3.08. The molecule has 2 aromatic heterocycles. The molecule has 1 atom stereocenters. The van der Waals surface area contributed by atoms with E-state index in [-0.39, 0.29) is 12.2 Å². The van der Waals surface area contributed by atoms with E-state index in [1.807, 2.05) is 13.0 Å². The van der Waals surface area contributed by atoms with Gasteiger partial charge in [0.1, 0.15) is 11.5 Å². The first-order valence-corrected chi connectivity index (χ1v) is 11.2. The van der Waals surface area contributed by atoms with E-state index in [2.05, 4.69) is 4.99 Å². The van der Waals surface area contributed by atoms with Gasteiger partial charge in [-0.2, -0.15) is 0 Å². The van der Waals surface area contributed by atoms with Gasteiger partial charge in [-0.05, 0) is 50.6 Å².